The Morgan fingerprint density at radius 2 is 1.42 bits per heavy atom. The fraction of sp³-hybridized carbons (Fsp3) is 0.571. The highest BCUT2D eigenvalue weighted by Gasteiger charge is 2.55. The van der Waals surface area contributed by atoms with Crippen molar-refractivity contribution < 1.29 is 27.4 Å². The molecule has 1 atom stereocenters. The number of benzene rings is 2. The van der Waals surface area contributed by atoms with Gasteiger partial charge in [0.15, 0.2) is 0 Å². The Morgan fingerprint density at radius 1 is 0.750 bits per heavy atom. The van der Waals surface area contributed by atoms with Gasteiger partial charge in [-0.05, 0) is 46.0 Å². The van der Waals surface area contributed by atoms with E-state index in [0.717, 1.165) is 47.0 Å². The van der Waals surface area contributed by atoms with Crippen LogP contribution in [0.3, 0.4) is 0 Å². The summed E-state index contributed by atoms with van der Waals surface area (Å²) in [4.78, 5) is 0. The van der Waals surface area contributed by atoms with Crippen LogP contribution in [0.25, 0.3) is 11.1 Å². The summed E-state index contributed by atoms with van der Waals surface area (Å²) >= 11 is 0. The molecule has 2 fully saturated rings. The summed E-state index contributed by atoms with van der Waals surface area (Å²) in [6.07, 6.45) is 8.19. The van der Waals surface area contributed by atoms with Crippen LogP contribution in [0.15, 0.2) is 30.3 Å². The summed E-state index contributed by atoms with van der Waals surface area (Å²) in [5, 5.41) is 0. The molecule has 0 N–H and O–H groups in total. The van der Waals surface area contributed by atoms with Crippen LogP contribution in [0.2, 0.25) is 0 Å². The Hall–Kier alpha value is -1.73. The average molecular weight is 494 g/mol. The number of fused-ring (bicyclic) bond motifs is 3. The number of hydrogen-bond acceptors (Lipinski definition) is 4. The van der Waals surface area contributed by atoms with Crippen molar-refractivity contribution in [2.45, 2.75) is 76.0 Å². The number of unbranched alkanes of at least 4 members (excludes halogenated alkanes) is 5. The number of rotatable bonds is 9. The zero-order chi connectivity index (χ0) is 24.8. The summed E-state index contributed by atoms with van der Waals surface area (Å²) in [5.41, 5.74) is 5.16. The van der Waals surface area contributed by atoms with E-state index in [2.05, 4.69) is 19.1 Å². The first-order valence-electron chi connectivity index (χ1n) is 13.7. The Kier molecular flexibility index (Phi) is 6.74. The normalized spacial score (nSPS) is 23.9. The van der Waals surface area contributed by atoms with Crippen LogP contribution in [-0.2, 0) is 30.0 Å². The first kappa shape index (κ1) is 24.6. The molecule has 2 aromatic rings. The SMILES string of the molecule is CCCCCCCCC12CCC(F)(F)c3c(B4OCCO4)ccc(c31)-c1ccc(B3OCCO3)cc12. The number of alkyl halides is 2. The molecule has 4 nitrogen and oxygen atoms in total. The molecule has 0 radical (unpaired) electrons. The fourth-order valence-electron chi connectivity index (χ4n) is 6.84. The van der Waals surface area contributed by atoms with Crippen molar-refractivity contribution in [1.82, 2.24) is 0 Å². The van der Waals surface area contributed by atoms with E-state index in [9.17, 15) is 0 Å². The summed E-state index contributed by atoms with van der Waals surface area (Å²) < 4.78 is 54.6. The van der Waals surface area contributed by atoms with Gasteiger partial charge >= 0.3 is 14.2 Å². The summed E-state index contributed by atoms with van der Waals surface area (Å²) in [5.74, 6) is -2.91. The molecule has 0 amide bonds. The maximum atomic E-state index is 15.8. The molecule has 36 heavy (non-hydrogen) atoms. The van der Waals surface area contributed by atoms with Gasteiger partial charge < -0.3 is 18.6 Å². The largest absolute Gasteiger partial charge is 0.494 e. The predicted molar refractivity (Wildman–Crippen MR) is 138 cm³/mol. The van der Waals surface area contributed by atoms with Crippen LogP contribution >= 0.6 is 0 Å². The molecule has 0 bridgehead atoms. The van der Waals surface area contributed by atoms with Gasteiger partial charge in [0.1, 0.15) is 0 Å². The topological polar surface area (TPSA) is 36.9 Å². The lowest BCUT2D eigenvalue weighted by Crippen LogP contribution is -2.45. The molecule has 2 heterocycles. The molecule has 2 saturated heterocycles. The van der Waals surface area contributed by atoms with Gasteiger partial charge in [-0.25, -0.2) is 8.78 Å². The molecular weight excluding hydrogens is 460 g/mol. The zero-order valence-electron chi connectivity index (χ0n) is 21.1. The van der Waals surface area contributed by atoms with Gasteiger partial charge in [-0.15, -0.1) is 0 Å². The molecule has 4 aliphatic rings. The first-order chi connectivity index (χ1) is 17.5. The smallest absolute Gasteiger partial charge is 0.405 e. The number of hydrogen-bond donors (Lipinski definition) is 0. The van der Waals surface area contributed by atoms with Gasteiger partial charge in [0.2, 0.25) is 0 Å². The second-order valence-corrected chi connectivity index (χ2v) is 10.7. The highest BCUT2D eigenvalue weighted by Crippen LogP contribution is 2.60. The second kappa shape index (κ2) is 9.86. The fourth-order valence-corrected chi connectivity index (χ4v) is 6.84. The minimum atomic E-state index is -2.91. The van der Waals surface area contributed by atoms with Crippen molar-refractivity contribution >= 4 is 25.2 Å². The second-order valence-electron chi connectivity index (χ2n) is 10.7. The minimum absolute atomic E-state index is 0.148. The molecule has 8 heteroatoms. The Labute approximate surface area is 213 Å². The van der Waals surface area contributed by atoms with Crippen molar-refractivity contribution in [1.29, 1.82) is 0 Å². The predicted octanol–water partition coefficient (Wildman–Crippen LogP) is 5.07. The van der Waals surface area contributed by atoms with Crippen molar-refractivity contribution in [3.63, 3.8) is 0 Å². The molecule has 0 saturated carbocycles. The number of halogens is 2. The summed E-state index contributed by atoms with van der Waals surface area (Å²) in [6.45, 7) is 4.24. The maximum Gasteiger partial charge on any atom is 0.494 e. The van der Waals surface area contributed by atoms with Crippen molar-refractivity contribution in [3.8, 4) is 11.1 Å². The van der Waals surface area contributed by atoms with Crippen LogP contribution in [0.5, 0.6) is 0 Å². The first-order valence-corrected chi connectivity index (χ1v) is 13.7. The summed E-state index contributed by atoms with van der Waals surface area (Å²) in [6, 6.07) is 10.1. The van der Waals surface area contributed by atoms with Gasteiger partial charge in [0.25, 0.3) is 5.92 Å². The lowest BCUT2D eigenvalue weighted by atomic mass is 9.60. The van der Waals surface area contributed by atoms with E-state index in [0.29, 0.717) is 38.3 Å². The molecule has 0 spiro atoms. The molecular formula is C28H34B2F2O4. The standard InChI is InChI=1S/C28H34B2F2O4/c1-2-3-4-5-6-7-12-27-13-14-28(31,32)26-24(30-35-17-18-36-30)11-10-22(25(26)27)21-9-8-20(19-23(21)27)29-33-15-16-34-29/h8-11,19H,2-7,12-18H2,1H3. The Bertz CT molecular complexity index is 1110. The van der Waals surface area contributed by atoms with E-state index in [-0.39, 0.29) is 19.1 Å². The average Bonchev–Trinajstić information content (AvgIpc) is 3.65. The van der Waals surface area contributed by atoms with Crippen LogP contribution < -0.4 is 10.9 Å². The van der Waals surface area contributed by atoms with E-state index >= 15 is 8.78 Å². The van der Waals surface area contributed by atoms with E-state index in [1.165, 1.54) is 25.7 Å². The van der Waals surface area contributed by atoms with E-state index in [4.69, 9.17) is 18.6 Å². The third kappa shape index (κ3) is 4.05. The molecule has 190 valence electrons. The van der Waals surface area contributed by atoms with Crippen molar-refractivity contribution in [3.05, 3.63) is 47.0 Å². The Morgan fingerprint density at radius 3 is 2.17 bits per heavy atom. The third-order valence-electron chi connectivity index (χ3n) is 8.52. The van der Waals surface area contributed by atoms with E-state index < -0.39 is 18.5 Å². The highest BCUT2D eigenvalue weighted by atomic mass is 19.3. The summed E-state index contributed by atoms with van der Waals surface area (Å²) in [7, 11) is -1.11. The highest BCUT2D eigenvalue weighted by molar-refractivity contribution is 6.62. The Balaban J connectivity index is 1.46. The van der Waals surface area contributed by atoms with Gasteiger partial charge in [0, 0.05) is 17.4 Å². The maximum absolute atomic E-state index is 15.8. The third-order valence-corrected chi connectivity index (χ3v) is 8.52. The van der Waals surface area contributed by atoms with Gasteiger partial charge in [-0.3, -0.25) is 0 Å². The molecule has 1 unspecified atom stereocenters. The van der Waals surface area contributed by atoms with E-state index in [1.54, 1.807) is 0 Å². The molecule has 2 aliphatic heterocycles. The van der Waals surface area contributed by atoms with Crippen LogP contribution in [0, 0.1) is 0 Å². The lowest BCUT2D eigenvalue weighted by Gasteiger charge is -2.41. The van der Waals surface area contributed by atoms with Gasteiger partial charge in [0.05, 0.1) is 26.4 Å². The molecule has 0 aromatic heterocycles. The van der Waals surface area contributed by atoms with Crippen LogP contribution in [-0.4, -0.2) is 40.7 Å². The van der Waals surface area contributed by atoms with Crippen molar-refractivity contribution in [2.75, 3.05) is 26.4 Å². The molecule has 2 aliphatic carbocycles. The van der Waals surface area contributed by atoms with Crippen LogP contribution in [0.4, 0.5) is 8.78 Å². The van der Waals surface area contributed by atoms with Gasteiger partial charge in [-0.2, -0.15) is 0 Å². The van der Waals surface area contributed by atoms with Gasteiger partial charge in [-0.1, -0.05) is 75.8 Å². The van der Waals surface area contributed by atoms with E-state index in [1.807, 2.05) is 18.2 Å². The zero-order valence-corrected chi connectivity index (χ0v) is 21.1. The van der Waals surface area contributed by atoms with Crippen molar-refractivity contribution in [2.24, 2.45) is 0 Å². The quantitative estimate of drug-likeness (QED) is 0.361. The van der Waals surface area contributed by atoms with Crippen LogP contribution in [0.1, 0.15) is 81.4 Å². The molecule has 6 rings (SSSR count). The lowest BCUT2D eigenvalue weighted by molar-refractivity contribution is -0.0296. The molecule has 2 aromatic carbocycles. The monoisotopic (exact) mass is 494 g/mol. The minimum Gasteiger partial charge on any atom is -0.405 e.